The van der Waals surface area contributed by atoms with E-state index >= 15 is 0 Å². The second kappa shape index (κ2) is 5.52. The van der Waals surface area contributed by atoms with Gasteiger partial charge in [-0.1, -0.05) is 12.1 Å². The van der Waals surface area contributed by atoms with Crippen molar-refractivity contribution in [2.24, 2.45) is 0 Å². The minimum atomic E-state index is 0.381. The van der Waals surface area contributed by atoms with Crippen LogP contribution in [0.5, 0.6) is 11.6 Å². The third-order valence-electron chi connectivity index (χ3n) is 2.22. The summed E-state index contributed by atoms with van der Waals surface area (Å²) in [6.45, 7) is 2.03. The van der Waals surface area contributed by atoms with Crippen LogP contribution in [-0.2, 0) is 5.88 Å². The van der Waals surface area contributed by atoms with Gasteiger partial charge in [-0.3, -0.25) is 0 Å². The van der Waals surface area contributed by atoms with E-state index in [1.54, 1.807) is 0 Å². The van der Waals surface area contributed by atoms with Gasteiger partial charge in [-0.2, -0.15) is 0 Å². The predicted octanol–water partition coefficient (Wildman–Crippen LogP) is 4.68. The Labute approximate surface area is 114 Å². The third-order valence-corrected chi connectivity index (χ3v) is 3.11. The standard InChI is InChI=1S/C13H11BrClNO/c1-9-5-6-12(11(14)7-9)17-13-4-2-3-10(8-15)16-13/h2-7H,8H2,1H3. The quantitative estimate of drug-likeness (QED) is 0.767. The Morgan fingerprint density at radius 2 is 2.12 bits per heavy atom. The molecular weight excluding hydrogens is 302 g/mol. The Balaban J connectivity index is 2.25. The van der Waals surface area contributed by atoms with Crippen LogP contribution in [0.15, 0.2) is 40.9 Å². The lowest BCUT2D eigenvalue weighted by Gasteiger charge is -2.08. The Hall–Kier alpha value is -1.06. The summed E-state index contributed by atoms with van der Waals surface area (Å²) in [5, 5.41) is 0. The van der Waals surface area contributed by atoms with Crippen LogP contribution in [0.1, 0.15) is 11.3 Å². The zero-order valence-electron chi connectivity index (χ0n) is 9.28. The zero-order valence-corrected chi connectivity index (χ0v) is 11.6. The van der Waals surface area contributed by atoms with Gasteiger partial charge >= 0.3 is 0 Å². The number of pyridine rings is 1. The van der Waals surface area contributed by atoms with Gasteiger partial charge in [0.15, 0.2) is 0 Å². The SMILES string of the molecule is Cc1ccc(Oc2cccc(CCl)n2)c(Br)c1. The molecule has 88 valence electrons. The normalized spacial score (nSPS) is 10.3. The number of alkyl halides is 1. The molecule has 2 rings (SSSR count). The number of hydrogen-bond donors (Lipinski definition) is 0. The molecule has 1 aromatic heterocycles. The Morgan fingerprint density at radius 3 is 2.82 bits per heavy atom. The van der Waals surface area contributed by atoms with Gasteiger partial charge in [0, 0.05) is 6.07 Å². The lowest BCUT2D eigenvalue weighted by Crippen LogP contribution is -1.92. The first kappa shape index (κ1) is 12.4. The highest BCUT2D eigenvalue weighted by Crippen LogP contribution is 2.29. The molecule has 1 heterocycles. The molecule has 0 unspecified atom stereocenters. The molecule has 2 aromatic rings. The predicted molar refractivity (Wildman–Crippen MR) is 72.7 cm³/mol. The molecule has 0 amide bonds. The number of nitrogens with zero attached hydrogens (tertiary/aromatic N) is 1. The monoisotopic (exact) mass is 311 g/mol. The maximum atomic E-state index is 5.73. The van der Waals surface area contributed by atoms with E-state index in [0.717, 1.165) is 15.9 Å². The van der Waals surface area contributed by atoms with E-state index in [2.05, 4.69) is 20.9 Å². The van der Waals surface area contributed by atoms with Gasteiger partial charge in [-0.25, -0.2) is 4.98 Å². The fraction of sp³-hybridized carbons (Fsp3) is 0.154. The Kier molecular flexibility index (Phi) is 4.02. The second-order valence-electron chi connectivity index (χ2n) is 3.64. The van der Waals surface area contributed by atoms with Crippen LogP contribution in [0.3, 0.4) is 0 Å². The van der Waals surface area contributed by atoms with Crippen LogP contribution in [0, 0.1) is 6.92 Å². The average Bonchev–Trinajstić information content (AvgIpc) is 2.33. The first-order valence-electron chi connectivity index (χ1n) is 5.15. The topological polar surface area (TPSA) is 22.1 Å². The fourth-order valence-corrected chi connectivity index (χ4v) is 2.11. The molecule has 0 N–H and O–H groups in total. The number of rotatable bonds is 3. The maximum Gasteiger partial charge on any atom is 0.219 e. The lowest BCUT2D eigenvalue weighted by atomic mass is 10.2. The molecule has 1 aromatic carbocycles. The molecule has 0 spiro atoms. The van der Waals surface area contributed by atoms with Crippen molar-refractivity contribution >= 4 is 27.5 Å². The highest BCUT2D eigenvalue weighted by atomic mass is 79.9. The molecule has 0 radical (unpaired) electrons. The van der Waals surface area contributed by atoms with Crippen LogP contribution in [0.4, 0.5) is 0 Å². The van der Waals surface area contributed by atoms with Crippen LogP contribution in [0.25, 0.3) is 0 Å². The summed E-state index contributed by atoms with van der Waals surface area (Å²) in [5.74, 6) is 1.68. The van der Waals surface area contributed by atoms with Crippen LogP contribution >= 0.6 is 27.5 Å². The zero-order chi connectivity index (χ0) is 12.3. The molecule has 0 fully saturated rings. The van der Waals surface area contributed by atoms with Gasteiger partial charge in [0.2, 0.25) is 5.88 Å². The number of benzene rings is 1. The molecule has 0 atom stereocenters. The van der Waals surface area contributed by atoms with E-state index in [1.165, 1.54) is 5.56 Å². The van der Waals surface area contributed by atoms with E-state index in [1.807, 2.05) is 43.3 Å². The Bertz CT molecular complexity index is 531. The maximum absolute atomic E-state index is 5.73. The molecule has 0 bridgehead atoms. The summed E-state index contributed by atoms with van der Waals surface area (Å²) in [6.07, 6.45) is 0. The van der Waals surface area contributed by atoms with Crippen LogP contribution < -0.4 is 4.74 Å². The highest BCUT2D eigenvalue weighted by Gasteiger charge is 2.04. The summed E-state index contributed by atoms with van der Waals surface area (Å²) >= 11 is 9.19. The lowest BCUT2D eigenvalue weighted by molar-refractivity contribution is 0.458. The highest BCUT2D eigenvalue weighted by molar-refractivity contribution is 9.10. The summed E-state index contributed by atoms with van der Waals surface area (Å²) in [4.78, 5) is 4.28. The van der Waals surface area contributed by atoms with E-state index in [4.69, 9.17) is 16.3 Å². The molecule has 2 nitrogen and oxygen atoms in total. The molecule has 0 aliphatic carbocycles. The molecule has 0 aliphatic heterocycles. The summed E-state index contributed by atoms with van der Waals surface area (Å²) in [7, 11) is 0. The summed E-state index contributed by atoms with van der Waals surface area (Å²) < 4.78 is 6.60. The van der Waals surface area contributed by atoms with Gasteiger partial charge in [-0.15, -0.1) is 11.6 Å². The number of aromatic nitrogens is 1. The van der Waals surface area contributed by atoms with Gasteiger partial charge in [0.25, 0.3) is 0 Å². The van der Waals surface area contributed by atoms with Gasteiger partial charge in [0.1, 0.15) is 5.75 Å². The first-order valence-corrected chi connectivity index (χ1v) is 6.47. The molecule has 4 heteroatoms. The minimum Gasteiger partial charge on any atom is -0.438 e. The minimum absolute atomic E-state index is 0.381. The average molecular weight is 313 g/mol. The first-order chi connectivity index (χ1) is 8.19. The van der Waals surface area contributed by atoms with Crippen molar-refractivity contribution in [2.45, 2.75) is 12.8 Å². The molecule has 17 heavy (non-hydrogen) atoms. The van der Waals surface area contributed by atoms with Crippen molar-refractivity contribution in [2.75, 3.05) is 0 Å². The van der Waals surface area contributed by atoms with Crippen molar-refractivity contribution in [1.82, 2.24) is 4.98 Å². The molecule has 0 aliphatic rings. The number of ether oxygens (including phenoxy) is 1. The summed E-state index contributed by atoms with van der Waals surface area (Å²) in [6, 6.07) is 11.5. The summed E-state index contributed by atoms with van der Waals surface area (Å²) in [5.41, 5.74) is 1.97. The molecular formula is C13H11BrClNO. The van der Waals surface area contributed by atoms with Gasteiger partial charge in [-0.05, 0) is 46.6 Å². The number of halogens is 2. The van der Waals surface area contributed by atoms with Crippen molar-refractivity contribution in [3.8, 4) is 11.6 Å². The van der Waals surface area contributed by atoms with E-state index < -0.39 is 0 Å². The van der Waals surface area contributed by atoms with Gasteiger partial charge < -0.3 is 4.74 Å². The van der Waals surface area contributed by atoms with Crippen molar-refractivity contribution in [3.05, 3.63) is 52.1 Å². The van der Waals surface area contributed by atoms with Crippen LogP contribution in [0.2, 0.25) is 0 Å². The third kappa shape index (κ3) is 3.20. The number of aryl methyl sites for hydroxylation is 1. The largest absolute Gasteiger partial charge is 0.438 e. The number of hydrogen-bond acceptors (Lipinski definition) is 2. The van der Waals surface area contributed by atoms with E-state index in [-0.39, 0.29) is 0 Å². The van der Waals surface area contributed by atoms with Gasteiger partial charge in [0.05, 0.1) is 16.0 Å². The smallest absolute Gasteiger partial charge is 0.219 e. The second-order valence-corrected chi connectivity index (χ2v) is 4.76. The van der Waals surface area contributed by atoms with E-state index in [9.17, 15) is 0 Å². The Morgan fingerprint density at radius 1 is 1.29 bits per heavy atom. The molecule has 0 saturated carbocycles. The van der Waals surface area contributed by atoms with Crippen LogP contribution in [-0.4, -0.2) is 4.98 Å². The van der Waals surface area contributed by atoms with Crippen molar-refractivity contribution in [1.29, 1.82) is 0 Å². The van der Waals surface area contributed by atoms with Crippen molar-refractivity contribution in [3.63, 3.8) is 0 Å². The molecule has 0 saturated heterocycles. The van der Waals surface area contributed by atoms with E-state index in [0.29, 0.717) is 11.8 Å². The van der Waals surface area contributed by atoms with Crippen molar-refractivity contribution < 1.29 is 4.74 Å². The fourth-order valence-electron chi connectivity index (χ4n) is 1.39.